The summed E-state index contributed by atoms with van der Waals surface area (Å²) in [5, 5.41) is 2.85. The summed E-state index contributed by atoms with van der Waals surface area (Å²) in [4.78, 5) is 12.5. The fourth-order valence-electron chi connectivity index (χ4n) is 2.78. The summed E-state index contributed by atoms with van der Waals surface area (Å²) in [6.07, 6.45) is 2.31. The second kappa shape index (κ2) is 8.58. The molecular weight excluding hydrogens is 334 g/mol. The van der Waals surface area contributed by atoms with Gasteiger partial charge in [0.1, 0.15) is 23.9 Å². The van der Waals surface area contributed by atoms with Gasteiger partial charge in [-0.1, -0.05) is 0 Å². The molecule has 1 heterocycles. The molecule has 1 saturated heterocycles. The van der Waals surface area contributed by atoms with Crippen molar-refractivity contribution in [3.8, 4) is 17.2 Å². The summed E-state index contributed by atoms with van der Waals surface area (Å²) >= 11 is 0. The highest BCUT2D eigenvalue weighted by Crippen LogP contribution is 2.26. The highest BCUT2D eigenvalue weighted by molar-refractivity contribution is 6.06. The first-order chi connectivity index (χ1) is 12.7. The van der Waals surface area contributed by atoms with Crippen LogP contribution in [0.25, 0.3) is 0 Å². The molecule has 1 amide bonds. The maximum atomic E-state index is 12.5. The number of anilines is 1. The Hall–Kier alpha value is -2.73. The van der Waals surface area contributed by atoms with E-state index in [1.165, 1.54) is 7.11 Å². The number of amides is 1. The molecule has 2 aromatic rings. The minimum absolute atomic E-state index is 0.178. The first-order valence-corrected chi connectivity index (χ1v) is 8.57. The third-order valence-electron chi connectivity index (χ3n) is 4.23. The average molecular weight is 357 g/mol. The van der Waals surface area contributed by atoms with E-state index in [0.29, 0.717) is 29.4 Å². The summed E-state index contributed by atoms with van der Waals surface area (Å²) in [6.45, 7) is 1.36. The number of nitrogens with one attached hydrogen (secondary N) is 1. The van der Waals surface area contributed by atoms with Gasteiger partial charge in [-0.3, -0.25) is 4.79 Å². The van der Waals surface area contributed by atoms with Gasteiger partial charge in [0.15, 0.2) is 0 Å². The predicted octanol–water partition coefficient (Wildman–Crippen LogP) is 3.51. The van der Waals surface area contributed by atoms with Gasteiger partial charge in [0.05, 0.1) is 25.9 Å². The molecular formula is C20H23NO5. The van der Waals surface area contributed by atoms with E-state index < -0.39 is 0 Å². The van der Waals surface area contributed by atoms with Crippen molar-refractivity contribution in [1.29, 1.82) is 0 Å². The van der Waals surface area contributed by atoms with Crippen molar-refractivity contribution in [2.75, 3.05) is 32.8 Å². The highest BCUT2D eigenvalue weighted by Gasteiger charge is 2.16. The quantitative estimate of drug-likeness (QED) is 0.821. The number of hydrogen-bond donors (Lipinski definition) is 1. The van der Waals surface area contributed by atoms with Crippen LogP contribution >= 0.6 is 0 Å². The molecule has 0 radical (unpaired) electrons. The Morgan fingerprint density at radius 3 is 2.54 bits per heavy atom. The molecule has 0 saturated carbocycles. The van der Waals surface area contributed by atoms with E-state index in [1.54, 1.807) is 37.4 Å². The molecule has 3 rings (SSSR count). The molecule has 6 heteroatoms. The molecule has 26 heavy (non-hydrogen) atoms. The Bertz CT molecular complexity index is 738. The Labute approximate surface area is 153 Å². The highest BCUT2D eigenvalue weighted by atomic mass is 16.5. The van der Waals surface area contributed by atoms with Gasteiger partial charge in [-0.05, 0) is 49.2 Å². The van der Waals surface area contributed by atoms with E-state index in [9.17, 15) is 4.79 Å². The van der Waals surface area contributed by atoms with Crippen LogP contribution in [0.5, 0.6) is 17.2 Å². The molecule has 1 aliphatic rings. The Balaban J connectivity index is 1.60. The van der Waals surface area contributed by atoms with Crippen LogP contribution in [-0.2, 0) is 4.74 Å². The van der Waals surface area contributed by atoms with E-state index in [2.05, 4.69) is 5.32 Å². The number of carbonyl (C=O) groups excluding carboxylic acids is 1. The topological polar surface area (TPSA) is 66.0 Å². The summed E-state index contributed by atoms with van der Waals surface area (Å²) < 4.78 is 21.7. The van der Waals surface area contributed by atoms with Gasteiger partial charge in [0, 0.05) is 18.4 Å². The first-order valence-electron chi connectivity index (χ1n) is 8.57. The number of hydrogen-bond acceptors (Lipinski definition) is 5. The molecule has 0 aromatic heterocycles. The van der Waals surface area contributed by atoms with Crippen LogP contribution in [0.1, 0.15) is 23.2 Å². The zero-order valence-electron chi connectivity index (χ0n) is 15.0. The zero-order valence-corrected chi connectivity index (χ0v) is 15.0. The minimum atomic E-state index is -0.252. The molecule has 6 nitrogen and oxygen atoms in total. The lowest BCUT2D eigenvalue weighted by Crippen LogP contribution is -2.16. The molecule has 0 bridgehead atoms. The van der Waals surface area contributed by atoms with Crippen LogP contribution in [0.3, 0.4) is 0 Å². The fraction of sp³-hybridized carbons (Fsp3) is 0.350. The molecule has 0 unspecified atom stereocenters. The molecule has 0 aliphatic carbocycles. The number of methoxy groups -OCH3 is 2. The van der Waals surface area contributed by atoms with Crippen molar-refractivity contribution >= 4 is 11.6 Å². The largest absolute Gasteiger partial charge is 0.497 e. The van der Waals surface area contributed by atoms with E-state index in [-0.39, 0.29) is 12.0 Å². The number of rotatable bonds is 7. The van der Waals surface area contributed by atoms with Gasteiger partial charge >= 0.3 is 0 Å². The van der Waals surface area contributed by atoms with Crippen LogP contribution in [0.4, 0.5) is 5.69 Å². The Kier molecular flexibility index (Phi) is 5.96. The maximum absolute atomic E-state index is 12.5. The van der Waals surface area contributed by atoms with Crippen molar-refractivity contribution in [2.24, 2.45) is 0 Å². The molecule has 1 N–H and O–H groups in total. The molecule has 1 atom stereocenters. The summed E-state index contributed by atoms with van der Waals surface area (Å²) in [5.41, 5.74) is 1.12. The zero-order chi connectivity index (χ0) is 18.4. The number of carbonyl (C=O) groups is 1. The monoisotopic (exact) mass is 357 g/mol. The molecule has 138 valence electrons. The van der Waals surface area contributed by atoms with Crippen molar-refractivity contribution < 1.29 is 23.7 Å². The SMILES string of the molecule is COc1ccc(C(=O)Nc2ccc(OC[C@H]3CCCO3)cc2)c(OC)c1. The smallest absolute Gasteiger partial charge is 0.259 e. The van der Waals surface area contributed by atoms with Gasteiger partial charge in [0.2, 0.25) is 0 Å². The normalized spacial score (nSPS) is 16.2. The molecule has 1 aliphatic heterocycles. The third-order valence-corrected chi connectivity index (χ3v) is 4.23. The Morgan fingerprint density at radius 2 is 1.88 bits per heavy atom. The van der Waals surface area contributed by atoms with Gasteiger partial charge in [-0.25, -0.2) is 0 Å². The lowest BCUT2D eigenvalue weighted by Gasteiger charge is -2.13. The van der Waals surface area contributed by atoms with Crippen molar-refractivity contribution in [1.82, 2.24) is 0 Å². The van der Waals surface area contributed by atoms with E-state index in [4.69, 9.17) is 18.9 Å². The predicted molar refractivity (Wildman–Crippen MR) is 98.4 cm³/mol. The van der Waals surface area contributed by atoms with E-state index in [0.717, 1.165) is 25.2 Å². The van der Waals surface area contributed by atoms with Gasteiger partial charge < -0.3 is 24.3 Å². The number of benzene rings is 2. The standard InChI is InChI=1S/C20H23NO5/c1-23-16-9-10-18(19(12-16)24-2)20(22)21-14-5-7-15(8-6-14)26-13-17-4-3-11-25-17/h5-10,12,17H,3-4,11,13H2,1-2H3,(H,21,22)/t17-/m1/s1. The van der Waals surface area contributed by atoms with Gasteiger partial charge in [0.25, 0.3) is 5.91 Å². The van der Waals surface area contributed by atoms with Crippen LogP contribution in [0.15, 0.2) is 42.5 Å². The molecule has 0 spiro atoms. The minimum Gasteiger partial charge on any atom is -0.497 e. The molecule has 2 aromatic carbocycles. The van der Waals surface area contributed by atoms with Crippen LogP contribution < -0.4 is 19.5 Å². The third kappa shape index (κ3) is 4.46. The molecule has 1 fully saturated rings. The van der Waals surface area contributed by atoms with Crippen LogP contribution in [0, 0.1) is 0 Å². The summed E-state index contributed by atoms with van der Waals surface area (Å²) in [7, 11) is 3.09. The summed E-state index contributed by atoms with van der Waals surface area (Å²) in [6, 6.07) is 12.3. The second-order valence-corrected chi connectivity index (χ2v) is 5.99. The van der Waals surface area contributed by atoms with Crippen LogP contribution in [0.2, 0.25) is 0 Å². The average Bonchev–Trinajstić information content (AvgIpc) is 3.20. The van der Waals surface area contributed by atoms with Gasteiger partial charge in [-0.2, -0.15) is 0 Å². The van der Waals surface area contributed by atoms with Gasteiger partial charge in [-0.15, -0.1) is 0 Å². The lowest BCUT2D eigenvalue weighted by atomic mass is 10.1. The second-order valence-electron chi connectivity index (χ2n) is 5.99. The van der Waals surface area contributed by atoms with Crippen LogP contribution in [-0.4, -0.2) is 39.4 Å². The Morgan fingerprint density at radius 1 is 1.12 bits per heavy atom. The van der Waals surface area contributed by atoms with Crippen molar-refractivity contribution in [3.05, 3.63) is 48.0 Å². The van der Waals surface area contributed by atoms with E-state index >= 15 is 0 Å². The fourth-order valence-corrected chi connectivity index (χ4v) is 2.78. The van der Waals surface area contributed by atoms with Crippen molar-refractivity contribution in [3.63, 3.8) is 0 Å². The summed E-state index contributed by atoms with van der Waals surface area (Å²) in [5.74, 6) is 1.59. The maximum Gasteiger partial charge on any atom is 0.259 e. The number of ether oxygens (including phenoxy) is 4. The lowest BCUT2D eigenvalue weighted by molar-refractivity contribution is 0.0679. The van der Waals surface area contributed by atoms with Crippen molar-refractivity contribution in [2.45, 2.75) is 18.9 Å². The van der Waals surface area contributed by atoms with E-state index in [1.807, 2.05) is 12.1 Å². The first kappa shape index (κ1) is 18.1.